The van der Waals surface area contributed by atoms with E-state index in [9.17, 15) is 4.79 Å². The molecule has 0 unspecified atom stereocenters. The maximum atomic E-state index is 12.2. The summed E-state index contributed by atoms with van der Waals surface area (Å²) in [5.41, 5.74) is 1.82. The van der Waals surface area contributed by atoms with Crippen molar-refractivity contribution < 1.29 is 14.3 Å². The minimum Gasteiger partial charge on any atom is -0.497 e. The van der Waals surface area contributed by atoms with Crippen molar-refractivity contribution in [1.29, 1.82) is 5.26 Å². The number of hydrogen-bond acceptors (Lipinski definition) is 4. The lowest BCUT2D eigenvalue weighted by Crippen LogP contribution is -2.29. The number of ether oxygens (including phenoxy) is 2. The topological polar surface area (TPSA) is 71.3 Å². The summed E-state index contributed by atoms with van der Waals surface area (Å²) < 4.78 is 10.6. The molecular formula is C18H18N2O3. The molecule has 1 N–H and O–H groups in total. The molecule has 2 aromatic carbocycles. The molecule has 0 fully saturated rings. The zero-order valence-corrected chi connectivity index (χ0v) is 13.1. The van der Waals surface area contributed by atoms with Gasteiger partial charge in [-0.2, -0.15) is 5.26 Å². The van der Waals surface area contributed by atoms with Crippen LogP contribution < -0.4 is 10.1 Å². The third-order valence-corrected chi connectivity index (χ3v) is 3.45. The van der Waals surface area contributed by atoms with E-state index in [1.54, 1.807) is 38.5 Å². The van der Waals surface area contributed by atoms with E-state index in [0.29, 0.717) is 17.7 Å². The van der Waals surface area contributed by atoms with Crippen LogP contribution in [0.2, 0.25) is 0 Å². The van der Waals surface area contributed by atoms with E-state index in [1.807, 2.05) is 30.3 Å². The maximum absolute atomic E-state index is 12.2. The molecule has 0 spiro atoms. The minimum atomic E-state index is -0.284. The van der Waals surface area contributed by atoms with Gasteiger partial charge in [-0.25, -0.2) is 0 Å². The number of rotatable bonds is 6. The van der Waals surface area contributed by atoms with E-state index in [2.05, 4.69) is 5.32 Å². The van der Waals surface area contributed by atoms with Crippen LogP contribution in [0.5, 0.6) is 5.75 Å². The zero-order chi connectivity index (χ0) is 16.7. The van der Waals surface area contributed by atoms with Crippen LogP contribution in [-0.4, -0.2) is 26.7 Å². The smallest absolute Gasteiger partial charge is 0.251 e. The van der Waals surface area contributed by atoms with Gasteiger partial charge in [0.2, 0.25) is 0 Å². The van der Waals surface area contributed by atoms with Gasteiger partial charge in [-0.3, -0.25) is 4.79 Å². The van der Waals surface area contributed by atoms with Gasteiger partial charge in [-0.1, -0.05) is 18.2 Å². The quantitative estimate of drug-likeness (QED) is 0.890. The molecule has 1 amide bonds. The molecule has 0 heterocycles. The third kappa shape index (κ3) is 4.31. The Kier molecular flexibility index (Phi) is 5.73. The van der Waals surface area contributed by atoms with E-state index in [0.717, 1.165) is 11.3 Å². The fraction of sp³-hybridized carbons (Fsp3) is 0.222. The molecule has 2 aromatic rings. The first-order valence-electron chi connectivity index (χ1n) is 7.13. The fourth-order valence-corrected chi connectivity index (χ4v) is 2.20. The number of nitrogens with zero attached hydrogens (tertiary/aromatic N) is 1. The van der Waals surface area contributed by atoms with Crippen LogP contribution in [-0.2, 0) is 4.74 Å². The molecule has 0 saturated carbocycles. The number of amides is 1. The molecule has 23 heavy (non-hydrogen) atoms. The molecule has 0 aliphatic heterocycles. The summed E-state index contributed by atoms with van der Waals surface area (Å²) in [5.74, 6) is 0.490. The SMILES string of the molecule is COc1cccc([C@H](CNC(=O)c2cccc(C#N)c2)OC)c1. The van der Waals surface area contributed by atoms with Crippen LogP contribution in [0, 0.1) is 11.3 Å². The molecule has 0 aliphatic rings. The molecule has 2 rings (SSSR count). The summed E-state index contributed by atoms with van der Waals surface area (Å²) in [4.78, 5) is 12.2. The Morgan fingerprint density at radius 3 is 2.70 bits per heavy atom. The first-order chi connectivity index (χ1) is 11.2. The van der Waals surface area contributed by atoms with Gasteiger partial charge < -0.3 is 14.8 Å². The van der Waals surface area contributed by atoms with Crippen LogP contribution >= 0.6 is 0 Å². The van der Waals surface area contributed by atoms with Gasteiger partial charge in [0.25, 0.3) is 5.91 Å². The van der Waals surface area contributed by atoms with Crippen molar-refractivity contribution in [3.63, 3.8) is 0 Å². The molecule has 1 atom stereocenters. The Balaban J connectivity index is 2.05. The van der Waals surface area contributed by atoms with Gasteiger partial charge in [-0.15, -0.1) is 0 Å². The van der Waals surface area contributed by atoms with Gasteiger partial charge in [0.05, 0.1) is 24.8 Å². The molecule has 0 aliphatic carbocycles. The summed E-state index contributed by atoms with van der Waals surface area (Å²) in [6, 6.07) is 16.1. The molecule has 0 aromatic heterocycles. The van der Waals surface area contributed by atoms with Gasteiger partial charge in [0, 0.05) is 19.2 Å². The predicted octanol–water partition coefficient (Wildman–Crippen LogP) is 2.68. The first kappa shape index (κ1) is 16.5. The summed E-state index contributed by atoms with van der Waals surface area (Å²) in [6.45, 7) is 0.319. The Hall–Kier alpha value is -2.84. The molecule has 5 nitrogen and oxygen atoms in total. The number of hydrogen-bond donors (Lipinski definition) is 1. The highest BCUT2D eigenvalue weighted by Gasteiger charge is 2.14. The van der Waals surface area contributed by atoms with Crippen molar-refractivity contribution in [2.24, 2.45) is 0 Å². The molecule has 0 bridgehead atoms. The van der Waals surface area contributed by atoms with E-state index in [-0.39, 0.29) is 12.0 Å². The maximum Gasteiger partial charge on any atom is 0.251 e. The lowest BCUT2D eigenvalue weighted by atomic mass is 10.1. The van der Waals surface area contributed by atoms with E-state index in [1.165, 1.54) is 0 Å². The van der Waals surface area contributed by atoms with Crippen LogP contribution in [0.3, 0.4) is 0 Å². The number of nitrogens with one attached hydrogen (secondary N) is 1. The zero-order valence-electron chi connectivity index (χ0n) is 13.1. The molecule has 118 valence electrons. The number of nitriles is 1. The van der Waals surface area contributed by atoms with E-state index >= 15 is 0 Å². The van der Waals surface area contributed by atoms with Crippen LogP contribution in [0.15, 0.2) is 48.5 Å². The summed E-state index contributed by atoms with van der Waals surface area (Å²) in [6.07, 6.45) is -0.284. The normalized spacial score (nSPS) is 11.3. The Morgan fingerprint density at radius 1 is 1.22 bits per heavy atom. The van der Waals surface area contributed by atoms with Crippen LogP contribution in [0.25, 0.3) is 0 Å². The lowest BCUT2D eigenvalue weighted by Gasteiger charge is -2.17. The second kappa shape index (κ2) is 7.97. The highest BCUT2D eigenvalue weighted by Crippen LogP contribution is 2.21. The van der Waals surface area contributed by atoms with Crippen LogP contribution in [0.4, 0.5) is 0 Å². The average Bonchev–Trinajstić information content (AvgIpc) is 2.62. The standard InChI is InChI=1S/C18H18N2O3/c1-22-16-8-4-6-14(10-16)17(23-2)12-20-18(21)15-7-3-5-13(9-15)11-19/h3-10,17H,12H2,1-2H3,(H,20,21)/t17-/m0/s1. The van der Waals surface area contributed by atoms with Gasteiger partial charge in [-0.05, 0) is 35.9 Å². The highest BCUT2D eigenvalue weighted by atomic mass is 16.5. The Labute approximate surface area is 135 Å². The molecule has 0 radical (unpaired) electrons. The molecule has 5 heteroatoms. The van der Waals surface area contributed by atoms with Crippen molar-refractivity contribution in [3.8, 4) is 11.8 Å². The van der Waals surface area contributed by atoms with E-state index < -0.39 is 0 Å². The summed E-state index contributed by atoms with van der Waals surface area (Å²) in [5, 5.41) is 11.7. The summed E-state index contributed by atoms with van der Waals surface area (Å²) in [7, 11) is 3.19. The first-order valence-corrected chi connectivity index (χ1v) is 7.13. The minimum absolute atomic E-state index is 0.243. The average molecular weight is 310 g/mol. The van der Waals surface area contributed by atoms with Gasteiger partial charge in [0.1, 0.15) is 5.75 Å². The monoisotopic (exact) mass is 310 g/mol. The number of carbonyl (C=O) groups is 1. The Bertz CT molecular complexity index is 722. The fourth-order valence-electron chi connectivity index (χ4n) is 2.20. The van der Waals surface area contributed by atoms with Gasteiger partial charge in [0.15, 0.2) is 0 Å². The second-order valence-corrected chi connectivity index (χ2v) is 4.90. The molecular weight excluding hydrogens is 292 g/mol. The largest absolute Gasteiger partial charge is 0.497 e. The third-order valence-electron chi connectivity index (χ3n) is 3.45. The highest BCUT2D eigenvalue weighted by molar-refractivity contribution is 5.94. The van der Waals surface area contributed by atoms with Crippen molar-refractivity contribution >= 4 is 5.91 Å². The lowest BCUT2D eigenvalue weighted by molar-refractivity contribution is 0.0827. The van der Waals surface area contributed by atoms with Crippen molar-refractivity contribution in [3.05, 3.63) is 65.2 Å². The van der Waals surface area contributed by atoms with Crippen molar-refractivity contribution in [2.75, 3.05) is 20.8 Å². The Morgan fingerprint density at radius 2 is 2.00 bits per heavy atom. The second-order valence-electron chi connectivity index (χ2n) is 4.90. The number of benzene rings is 2. The van der Waals surface area contributed by atoms with Gasteiger partial charge >= 0.3 is 0 Å². The predicted molar refractivity (Wildman–Crippen MR) is 86.2 cm³/mol. The van der Waals surface area contributed by atoms with Crippen LogP contribution in [0.1, 0.15) is 27.6 Å². The van der Waals surface area contributed by atoms with Crippen molar-refractivity contribution in [1.82, 2.24) is 5.32 Å². The summed E-state index contributed by atoms with van der Waals surface area (Å²) >= 11 is 0. The number of carbonyl (C=O) groups excluding carboxylic acids is 1. The number of methoxy groups -OCH3 is 2. The molecule has 0 saturated heterocycles. The van der Waals surface area contributed by atoms with Crippen molar-refractivity contribution in [2.45, 2.75) is 6.10 Å². The van der Waals surface area contributed by atoms with E-state index in [4.69, 9.17) is 14.7 Å².